The second-order valence-corrected chi connectivity index (χ2v) is 3.10. The van der Waals surface area contributed by atoms with E-state index in [4.69, 9.17) is 0 Å². The van der Waals surface area contributed by atoms with Gasteiger partial charge < -0.3 is 5.32 Å². The molecule has 0 aromatic heterocycles. The van der Waals surface area contributed by atoms with Crippen molar-refractivity contribution in [2.45, 2.75) is 26.0 Å². The van der Waals surface area contributed by atoms with Crippen LogP contribution >= 0.6 is 0 Å². The molecular formula is C11H14NO2. The topological polar surface area (TPSA) is 49.0 Å². The minimum atomic E-state index is -1.14. The molecule has 3 nitrogen and oxygen atoms in total. The number of hydrogen-bond acceptors (Lipinski definition) is 1. The number of benzene rings is 1. The van der Waals surface area contributed by atoms with Gasteiger partial charge in [0.25, 0.3) is 5.91 Å². The van der Waals surface area contributed by atoms with Crippen LogP contribution in [0.2, 0.25) is 0 Å². The van der Waals surface area contributed by atoms with Crippen LogP contribution in [0.1, 0.15) is 18.9 Å². The van der Waals surface area contributed by atoms with E-state index in [1.165, 1.54) is 0 Å². The van der Waals surface area contributed by atoms with Crippen LogP contribution in [-0.2, 0) is 16.4 Å². The molecule has 1 unspecified atom stereocenters. The number of nitrogens with one attached hydrogen (secondary N) is 1. The van der Waals surface area contributed by atoms with Crippen LogP contribution in [0.5, 0.6) is 0 Å². The molecule has 3 heteroatoms. The third kappa shape index (κ3) is 3.18. The Bertz CT molecular complexity index is 285. The summed E-state index contributed by atoms with van der Waals surface area (Å²) >= 11 is 0. The van der Waals surface area contributed by atoms with Crippen molar-refractivity contribution in [2.24, 2.45) is 0 Å². The maximum absolute atomic E-state index is 11.1. The van der Waals surface area contributed by atoms with E-state index in [0.29, 0.717) is 13.0 Å². The van der Waals surface area contributed by atoms with E-state index in [2.05, 4.69) is 5.32 Å². The van der Waals surface area contributed by atoms with E-state index in [1.54, 1.807) is 6.92 Å². The van der Waals surface area contributed by atoms with Crippen molar-refractivity contribution in [3.05, 3.63) is 35.9 Å². The molecule has 1 aromatic carbocycles. The summed E-state index contributed by atoms with van der Waals surface area (Å²) in [5.41, 5.74) is 1.00. The van der Waals surface area contributed by atoms with Crippen molar-refractivity contribution < 1.29 is 9.90 Å². The molecule has 0 saturated carbocycles. The predicted molar refractivity (Wildman–Crippen MR) is 53.1 cm³/mol. The first-order valence-corrected chi connectivity index (χ1v) is 4.71. The molecule has 0 aliphatic heterocycles. The molecule has 0 spiro atoms. The quantitative estimate of drug-likeness (QED) is 0.772. The van der Waals surface area contributed by atoms with Crippen LogP contribution in [0.15, 0.2) is 30.3 Å². The molecule has 0 bridgehead atoms. The Labute approximate surface area is 83.8 Å². The fourth-order valence-corrected chi connectivity index (χ4v) is 1.08. The molecule has 0 aliphatic carbocycles. The number of carbonyl (C=O) groups is 1. The summed E-state index contributed by atoms with van der Waals surface area (Å²) in [5, 5.41) is 13.6. The number of carbonyl (C=O) groups excluding carboxylic acids is 1. The zero-order chi connectivity index (χ0) is 10.4. The zero-order valence-electron chi connectivity index (χ0n) is 8.19. The van der Waals surface area contributed by atoms with Crippen LogP contribution in [-0.4, -0.2) is 12.0 Å². The van der Waals surface area contributed by atoms with E-state index in [0.717, 1.165) is 5.56 Å². The van der Waals surface area contributed by atoms with Gasteiger partial charge >= 0.3 is 0 Å². The summed E-state index contributed by atoms with van der Waals surface area (Å²) in [6.45, 7) is 2.14. The largest absolute Gasteiger partial charge is 0.350 e. The molecule has 75 valence electrons. The zero-order valence-corrected chi connectivity index (χ0v) is 8.19. The lowest BCUT2D eigenvalue weighted by Gasteiger charge is -2.07. The van der Waals surface area contributed by atoms with Gasteiger partial charge in [0.05, 0.1) is 0 Å². The van der Waals surface area contributed by atoms with Crippen LogP contribution in [0.3, 0.4) is 0 Å². The third-order valence-electron chi connectivity index (χ3n) is 1.97. The molecule has 0 heterocycles. The summed E-state index contributed by atoms with van der Waals surface area (Å²) in [7, 11) is 0. The highest BCUT2D eigenvalue weighted by atomic mass is 16.3. The van der Waals surface area contributed by atoms with Crippen molar-refractivity contribution in [3.63, 3.8) is 0 Å². The van der Waals surface area contributed by atoms with Gasteiger partial charge in [0.1, 0.15) is 0 Å². The van der Waals surface area contributed by atoms with Crippen LogP contribution in [0.4, 0.5) is 0 Å². The Morgan fingerprint density at radius 1 is 1.36 bits per heavy atom. The fourth-order valence-electron chi connectivity index (χ4n) is 1.08. The van der Waals surface area contributed by atoms with E-state index < -0.39 is 12.0 Å². The number of rotatable bonds is 4. The second-order valence-electron chi connectivity index (χ2n) is 3.10. The molecule has 0 saturated heterocycles. The van der Waals surface area contributed by atoms with E-state index in [1.807, 2.05) is 30.3 Å². The summed E-state index contributed by atoms with van der Waals surface area (Å²) in [6.07, 6.45) is -0.806. The van der Waals surface area contributed by atoms with Crippen molar-refractivity contribution in [1.29, 1.82) is 0 Å². The molecule has 14 heavy (non-hydrogen) atoms. The Morgan fingerprint density at radius 3 is 2.57 bits per heavy atom. The maximum Gasteiger partial charge on any atom is 0.252 e. The molecule has 1 N–H and O–H groups in total. The SMILES string of the molecule is CCC([O])C(=O)NCc1ccccc1. The van der Waals surface area contributed by atoms with Gasteiger partial charge in [0, 0.05) is 6.54 Å². The van der Waals surface area contributed by atoms with Gasteiger partial charge in [-0.05, 0) is 12.0 Å². The summed E-state index contributed by atoms with van der Waals surface area (Å²) in [5.74, 6) is -0.420. The van der Waals surface area contributed by atoms with Gasteiger partial charge in [-0.2, -0.15) is 0 Å². The lowest BCUT2D eigenvalue weighted by molar-refractivity contribution is -0.132. The number of hydrogen-bond donors (Lipinski definition) is 1. The van der Waals surface area contributed by atoms with E-state index in [-0.39, 0.29) is 0 Å². The van der Waals surface area contributed by atoms with Crippen LogP contribution in [0.25, 0.3) is 0 Å². The Morgan fingerprint density at radius 2 is 2.00 bits per heavy atom. The average molecular weight is 192 g/mol. The highest BCUT2D eigenvalue weighted by Crippen LogP contribution is 1.98. The molecule has 0 fully saturated rings. The first-order valence-electron chi connectivity index (χ1n) is 4.71. The number of amides is 1. The minimum absolute atomic E-state index is 0.334. The molecule has 0 aliphatic rings. The second kappa shape index (κ2) is 5.40. The third-order valence-corrected chi connectivity index (χ3v) is 1.97. The average Bonchev–Trinajstić information content (AvgIpc) is 2.26. The molecular weight excluding hydrogens is 178 g/mol. The molecule has 1 aromatic rings. The van der Waals surface area contributed by atoms with Gasteiger partial charge in [0.2, 0.25) is 0 Å². The summed E-state index contributed by atoms with van der Waals surface area (Å²) in [6, 6.07) is 9.53. The van der Waals surface area contributed by atoms with Gasteiger partial charge in [-0.15, -0.1) is 0 Å². The van der Waals surface area contributed by atoms with E-state index in [9.17, 15) is 9.90 Å². The van der Waals surface area contributed by atoms with E-state index >= 15 is 0 Å². The van der Waals surface area contributed by atoms with Crippen molar-refractivity contribution in [1.82, 2.24) is 5.32 Å². The smallest absolute Gasteiger partial charge is 0.252 e. The fraction of sp³-hybridized carbons (Fsp3) is 0.364. The van der Waals surface area contributed by atoms with Crippen molar-refractivity contribution in [3.8, 4) is 0 Å². The highest BCUT2D eigenvalue weighted by molar-refractivity contribution is 5.80. The van der Waals surface area contributed by atoms with Crippen molar-refractivity contribution >= 4 is 5.91 Å². The van der Waals surface area contributed by atoms with Gasteiger partial charge in [-0.1, -0.05) is 37.3 Å². The molecule has 1 amide bonds. The first kappa shape index (κ1) is 10.7. The van der Waals surface area contributed by atoms with Gasteiger partial charge in [-0.3, -0.25) is 4.79 Å². The van der Waals surface area contributed by atoms with Gasteiger partial charge in [0.15, 0.2) is 6.10 Å². The highest BCUT2D eigenvalue weighted by Gasteiger charge is 2.12. The molecule has 1 rings (SSSR count). The molecule has 1 radical (unpaired) electrons. The van der Waals surface area contributed by atoms with Crippen molar-refractivity contribution in [2.75, 3.05) is 0 Å². The minimum Gasteiger partial charge on any atom is -0.350 e. The lowest BCUT2D eigenvalue weighted by Crippen LogP contribution is -2.32. The predicted octanol–water partition coefficient (Wildman–Crippen LogP) is 1.51. The summed E-state index contributed by atoms with van der Waals surface area (Å²) in [4.78, 5) is 11.1. The Balaban J connectivity index is 2.38. The van der Waals surface area contributed by atoms with Crippen LogP contribution in [0, 0.1) is 0 Å². The standard InChI is InChI=1S/C11H14NO2/c1-2-10(13)11(14)12-8-9-6-4-3-5-7-9/h3-7,10H,2,8H2,1H3,(H,12,14). The Kier molecular flexibility index (Phi) is 4.13. The Hall–Kier alpha value is -1.35. The monoisotopic (exact) mass is 192 g/mol. The maximum atomic E-state index is 11.1. The van der Waals surface area contributed by atoms with Crippen LogP contribution < -0.4 is 5.32 Å². The van der Waals surface area contributed by atoms with Gasteiger partial charge in [-0.25, -0.2) is 5.11 Å². The molecule has 1 atom stereocenters. The normalized spacial score (nSPS) is 12.1. The summed E-state index contributed by atoms with van der Waals surface area (Å²) < 4.78 is 0. The first-order chi connectivity index (χ1) is 6.74. The lowest BCUT2D eigenvalue weighted by atomic mass is 10.2.